The van der Waals surface area contributed by atoms with E-state index < -0.39 is 0 Å². The quantitative estimate of drug-likeness (QED) is 0.303. The Labute approximate surface area is 210 Å². The lowest BCUT2D eigenvalue weighted by Crippen LogP contribution is -2.37. The number of ether oxygens (including phenoxy) is 2. The Hall–Kier alpha value is -1.88. The number of thioether (sulfide) groups is 1. The lowest BCUT2D eigenvalue weighted by atomic mass is 10.1. The minimum atomic E-state index is -0.385. The fourth-order valence-electron chi connectivity index (χ4n) is 3.85. The van der Waals surface area contributed by atoms with Crippen molar-refractivity contribution in [3.63, 3.8) is 0 Å². The van der Waals surface area contributed by atoms with Gasteiger partial charge in [-0.25, -0.2) is 4.79 Å². The number of aryl methyl sites for hydroxylation is 1. The van der Waals surface area contributed by atoms with Gasteiger partial charge in [0.1, 0.15) is 0 Å². The molecule has 6 nitrogen and oxygen atoms in total. The summed E-state index contributed by atoms with van der Waals surface area (Å²) in [5.74, 6) is 0. The smallest absolute Gasteiger partial charge is 0.329 e. The molecule has 3 aromatic rings. The number of aromatic nitrogens is 2. The molecule has 0 amide bonds. The third-order valence-corrected chi connectivity index (χ3v) is 9.07. The van der Waals surface area contributed by atoms with E-state index in [9.17, 15) is 9.59 Å². The van der Waals surface area contributed by atoms with Crippen molar-refractivity contribution in [2.45, 2.75) is 47.2 Å². The van der Waals surface area contributed by atoms with Crippen LogP contribution in [0.4, 0.5) is 0 Å². The molecule has 8 heteroatoms. The van der Waals surface area contributed by atoms with Gasteiger partial charge in [-0.1, -0.05) is 90.2 Å². The summed E-state index contributed by atoms with van der Waals surface area (Å²) in [6.07, 6.45) is 2.16. The van der Waals surface area contributed by atoms with Crippen LogP contribution in [-0.2, 0) is 29.1 Å². The van der Waals surface area contributed by atoms with E-state index in [-0.39, 0.29) is 31.9 Å². The van der Waals surface area contributed by atoms with Crippen LogP contribution >= 0.6 is 34.4 Å². The van der Waals surface area contributed by atoms with Gasteiger partial charge < -0.3 is 9.47 Å². The predicted molar refractivity (Wildman–Crippen MR) is 140 cm³/mol. The summed E-state index contributed by atoms with van der Waals surface area (Å²) in [6.45, 7) is 3.44. The van der Waals surface area contributed by atoms with Crippen molar-refractivity contribution in [3.05, 3.63) is 104 Å². The fourth-order valence-corrected chi connectivity index (χ4v) is 7.23. The van der Waals surface area contributed by atoms with Crippen molar-refractivity contribution >= 4 is 34.4 Å². The van der Waals surface area contributed by atoms with E-state index in [1.165, 1.54) is 0 Å². The van der Waals surface area contributed by atoms with Crippen molar-refractivity contribution in [1.29, 1.82) is 0 Å². The maximum absolute atomic E-state index is 12.7. The Morgan fingerprint density at radius 3 is 2.27 bits per heavy atom. The Bertz CT molecular complexity index is 1150. The maximum Gasteiger partial charge on any atom is 0.329 e. The highest BCUT2D eigenvalue weighted by Gasteiger charge is 2.45. The molecule has 4 rings (SSSR count). The first-order chi connectivity index (χ1) is 16.1. The molecule has 0 spiro atoms. The Morgan fingerprint density at radius 2 is 1.64 bits per heavy atom. The van der Waals surface area contributed by atoms with Crippen LogP contribution in [0, 0.1) is 0 Å². The molecule has 1 aliphatic heterocycles. The molecule has 1 aromatic heterocycles. The van der Waals surface area contributed by atoms with Crippen molar-refractivity contribution in [3.8, 4) is 0 Å². The van der Waals surface area contributed by atoms with Crippen LogP contribution in [0.15, 0.2) is 76.4 Å². The fraction of sp³-hybridized carbons (Fsp3) is 0.360. The second-order valence-corrected chi connectivity index (χ2v) is 10.7. The lowest BCUT2D eigenvalue weighted by molar-refractivity contribution is 0.0190. The van der Waals surface area contributed by atoms with Gasteiger partial charge in [0.25, 0.3) is 5.56 Å². The second-order valence-electron chi connectivity index (χ2n) is 7.95. The topological polar surface area (TPSA) is 73.3 Å². The molecule has 4 atom stereocenters. The third kappa shape index (κ3) is 5.98. The van der Waals surface area contributed by atoms with Crippen LogP contribution in [0.2, 0.25) is 0 Å². The van der Waals surface area contributed by atoms with E-state index in [0.29, 0.717) is 31.8 Å². The number of H-pyrrole nitrogens is 1. The number of nitrogens with one attached hydrogen (secondary N) is 1. The van der Waals surface area contributed by atoms with Crippen molar-refractivity contribution in [2.75, 3.05) is 6.61 Å². The zero-order valence-electron chi connectivity index (χ0n) is 18.4. The Kier molecular flexibility index (Phi) is 8.45. The highest BCUT2D eigenvalue weighted by Crippen LogP contribution is 2.47. The number of nitrogens with zero attached hydrogens (tertiary/aromatic N) is 1. The molecule has 174 valence electrons. The number of benzene rings is 2. The van der Waals surface area contributed by atoms with Gasteiger partial charge in [0.15, 0.2) is 0 Å². The third-order valence-electron chi connectivity index (χ3n) is 5.64. The van der Waals surface area contributed by atoms with E-state index in [2.05, 4.69) is 27.6 Å². The summed E-state index contributed by atoms with van der Waals surface area (Å²) in [6, 6.07) is 20.1. The first-order valence-corrected chi connectivity index (χ1v) is 13.2. The molecule has 33 heavy (non-hydrogen) atoms. The molecule has 0 radical (unpaired) electrons. The Morgan fingerprint density at radius 1 is 1.00 bits per heavy atom. The molecule has 1 N–H and O–H groups in total. The molecule has 0 unspecified atom stereocenters. The van der Waals surface area contributed by atoms with Crippen LogP contribution in [0.25, 0.3) is 0 Å². The SMILES string of the molecule is CCc1cn([C@H]2S[C@H](COCc3ccccc3)[C@@H](OCc3ccccc3)[C@@H]2I)c(=O)[nH]c1=O. The molecular weight excluding hydrogens is 551 g/mol. The zero-order valence-corrected chi connectivity index (χ0v) is 21.3. The molecule has 1 fully saturated rings. The average Bonchev–Trinajstić information content (AvgIpc) is 3.14. The van der Waals surface area contributed by atoms with Gasteiger partial charge in [-0.3, -0.25) is 14.3 Å². The molecule has 0 aliphatic carbocycles. The van der Waals surface area contributed by atoms with E-state index in [1.807, 2.05) is 67.6 Å². The largest absolute Gasteiger partial charge is 0.376 e. The van der Waals surface area contributed by atoms with Crippen LogP contribution < -0.4 is 11.2 Å². The number of hydrogen-bond acceptors (Lipinski definition) is 5. The van der Waals surface area contributed by atoms with E-state index >= 15 is 0 Å². The summed E-state index contributed by atoms with van der Waals surface area (Å²) < 4.78 is 14.1. The first-order valence-electron chi connectivity index (χ1n) is 11.0. The van der Waals surface area contributed by atoms with Gasteiger partial charge in [-0.15, -0.1) is 11.8 Å². The predicted octanol–water partition coefficient (Wildman–Crippen LogP) is 4.32. The average molecular weight is 578 g/mol. The number of halogens is 1. The molecule has 2 aromatic carbocycles. The normalized spacial score (nSPS) is 22.5. The summed E-state index contributed by atoms with van der Waals surface area (Å²) >= 11 is 4.05. The van der Waals surface area contributed by atoms with Crippen LogP contribution in [0.5, 0.6) is 0 Å². The number of rotatable bonds is 9. The van der Waals surface area contributed by atoms with Crippen molar-refractivity contribution < 1.29 is 9.47 Å². The van der Waals surface area contributed by atoms with Crippen LogP contribution in [0.1, 0.15) is 29.0 Å². The van der Waals surface area contributed by atoms with Crippen LogP contribution in [-0.4, -0.2) is 31.4 Å². The van der Waals surface area contributed by atoms with Gasteiger partial charge in [-0.05, 0) is 17.5 Å². The maximum atomic E-state index is 12.7. The second kappa shape index (κ2) is 11.5. The summed E-state index contributed by atoms with van der Waals surface area (Å²) in [7, 11) is 0. The molecule has 2 heterocycles. The first kappa shape index (κ1) is 24.3. The molecule has 0 bridgehead atoms. The van der Waals surface area contributed by atoms with E-state index in [4.69, 9.17) is 9.47 Å². The zero-order chi connectivity index (χ0) is 23.2. The van der Waals surface area contributed by atoms with Crippen molar-refractivity contribution in [2.24, 2.45) is 0 Å². The molecule has 1 aliphatic rings. The van der Waals surface area contributed by atoms with Gasteiger partial charge >= 0.3 is 5.69 Å². The van der Waals surface area contributed by atoms with Gasteiger partial charge in [0.05, 0.1) is 40.5 Å². The van der Waals surface area contributed by atoms with Gasteiger partial charge in [0.2, 0.25) is 0 Å². The van der Waals surface area contributed by atoms with Gasteiger partial charge in [-0.2, -0.15) is 0 Å². The Balaban J connectivity index is 1.53. The summed E-state index contributed by atoms with van der Waals surface area (Å²) in [5.41, 5.74) is 2.13. The van der Waals surface area contributed by atoms with Crippen molar-refractivity contribution in [1.82, 2.24) is 9.55 Å². The minimum absolute atomic E-state index is 0.0231. The summed E-state index contributed by atoms with van der Waals surface area (Å²) in [5, 5.41) is -0.112. The standard InChI is InChI=1S/C25H27IN2O4S/c1-2-19-13-28(25(30)27-23(19)29)24-21(26)22(32-15-18-11-7-4-8-12-18)20(33-24)16-31-14-17-9-5-3-6-10-17/h3-13,20-22,24H,2,14-16H2,1H3,(H,27,29,30)/t20-,21+,22-,24+/m1/s1. The minimum Gasteiger partial charge on any atom is -0.376 e. The number of aromatic amines is 1. The molecule has 0 saturated carbocycles. The van der Waals surface area contributed by atoms with Gasteiger partial charge in [0, 0.05) is 11.8 Å². The number of alkyl halides is 1. The molecule has 1 saturated heterocycles. The summed E-state index contributed by atoms with van der Waals surface area (Å²) in [4.78, 5) is 27.2. The lowest BCUT2D eigenvalue weighted by Gasteiger charge is -2.22. The molecular formula is C25H27IN2O4S. The number of hydrogen-bond donors (Lipinski definition) is 1. The van der Waals surface area contributed by atoms with E-state index in [1.54, 1.807) is 22.5 Å². The van der Waals surface area contributed by atoms with E-state index in [0.717, 1.165) is 11.1 Å². The van der Waals surface area contributed by atoms with Crippen LogP contribution in [0.3, 0.4) is 0 Å². The highest BCUT2D eigenvalue weighted by molar-refractivity contribution is 14.1. The monoisotopic (exact) mass is 578 g/mol. The highest BCUT2D eigenvalue weighted by atomic mass is 127.